The number of allylic oxidation sites excluding steroid dienone is 5. The molecular weight excluding hydrogens is 316 g/mol. The fourth-order valence-electron chi connectivity index (χ4n) is 6.29. The van der Waals surface area contributed by atoms with E-state index in [0.29, 0.717) is 23.4 Å². The SMILES string of the molecule is CC(=O)O[C@H]1CC2C=C(O)C=C[C@]2(C)[C@H]2CC[C@]3(C)C(O)=CC[C@H]3[C@H]12. The Balaban J connectivity index is 1.75. The molecule has 136 valence electrons. The molecule has 0 aromatic heterocycles. The smallest absolute Gasteiger partial charge is 0.302 e. The van der Waals surface area contributed by atoms with Crippen LogP contribution < -0.4 is 0 Å². The molecule has 0 radical (unpaired) electrons. The summed E-state index contributed by atoms with van der Waals surface area (Å²) in [6.07, 6.45) is 11.3. The summed E-state index contributed by atoms with van der Waals surface area (Å²) in [5.41, 5.74) is -0.230. The van der Waals surface area contributed by atoms with Crippen LogP contribution in [0, 0.1) is 34.5 Å². The number of ether oxygens (including phenoxy) is 1. The number of esters is 1. The molecule has 0 bridgehead atoms. The third kappa shape index (κ3) is 2.29. The van der Waals surface area contributed by atoms with Crippen LogP contribution in [-0.4, -0.2) is 22.3 Å². The number of carbonyl (C=O) groups is 1. The molecule has 0 aliphatic heterocycles. The predicted molar refractivity (Wildman–Crippen MR) is 94.8 cm³/mol. The average molecular weight is 344 g/mol. The van der Waals surface area contributed by atoms with Crippen molar-refractivity contribution in [3.8, 4) is 0 Å². The Hall–Kier alpha value is -1.71. The fraction of sp³-hybridized carbons (Fsp3) is 0.667. The van der Waals surface area contributed by atoms with Gasteiger partial charge in [-0.15, -0.1) is 0 Å². The molecule has 0 saturated heterocycles. The van der Waals surface area contributed by atoms with Gasteiger partial charge >= 0.3 is 5.97 Å². The van der Waals surface area contributed by atoms with Gasteiger partial charge in [-0.1, -0.05) is 19.9 Å². The lowest BCUT2D eigenvalue weighted by Gasteiger charge is -2.59. The molecule has 4 heteroatoms. The maximum Gasteiger partial charge on any atom is 0.302 e. The molecule has 2 N–H and O–H groups in total. The lowest BCUT2D eigenvalue weighted by molar-refractivity contribution is -0.171. The van der Waals surface area contributed by atoms with Gasteiger partial charge in [0.05, 0.1) is 5.76 Å². The van der Waals surface area contributed by atoms with Gasteiger partial charge in [0.25, 0.3) is 0 Å². The van der Waals surface area contributed by atoms with Gasteiger partial charge in [0, 0.05) is 18.3 Å². The van der Waals surface area contributed by atoms with Gasteiger partial charge in [-0.05, 0) is 67.1 Å². The quantitative estimate of drug-likeness (QED) is 0.690. The molecule has 4 aliphatic rings. The second kappa shape index (κ2) is 5.39. The Kier molecular flexibility index (Phi) is 3.61. The van der Waals surface area contributed by atoms with E-state index in [9.17, 15) is 15.0 Å². The summed E-state index contributed by atoms with van der Waals surface area (Å²) in [7, 11) is 0. The van der Waals surface area contributed by atoms with E-state index in [1.807, 2.05) is 18.2 Å². The van der Waals surface area contributed by atoms with Gasteiger partial charge in [0.1, 0.15) is 11.9 Å². The molecule has 4 aliphatic carbocycles. The molecule has 0 amide bonds. The minimum atomic E-state index is -0.241. The van der Waals surface area contributed by atoms with E-state index in [0.717, 1.165) is 25.7 Å². The predicted octanol–water partition coefficient (Wildman–Crippen LogP) is 4.45. The first-order valence-corrected chi connectivity index (χ1v) is 9.42. The third-order valence-electron chi connectivity index (χ3n) is 7.69. The molecule has 2 fully saturated rings. The van der Waals surface area contributed by atoms with Crippen molar-refractivity contribution >= 4 is 5.97 Å². The van der Waals surface area contributed by atoms with E-state index in [4.69, 9.17) is 4.74 Å². The summed E-state index contributed by atoms with van der Waals surface area (Å²) < 4.78 is 5.80. The second-order valence-corrected chi connectivity index (χ2v) is 8.85. The van der Waals surface area contributed by atoms with Gasteiger partial charge in [-0.2, -0.15) is 0 Å². The maximum absolute atomic E-state index is 11.8. The van der Waals surface area contributed by atoms with Gasteiger partial charge in [0.15, 0.2) is 0 Å². The molecule has 0 spiro atoms. The highest BCUT2D eigenvalue weighted by Crippen LogP contribution is 2.65. The third-order valence-corrected chi connectivity index (χ3v) is 7.69. The van der Waals surface area contributed by atoms with E-state index in [-0.39, 0.29) is 34.7 Å². The number of aliphatic hydroxyl groups excluding tert-OH is 2. The normalized spacial score (nSPS) is 47.9. The van der Waals surface area contributed by atoms with E-state index < -0.39 is 0 Å². The van der Waals surface area contributed by atoms with Crippen molar-refractivity contribution < 1.29 is 19.7 Å². The van der Waals surface area contributed by atoms with Crippen LogP contribution in [-0.2, 0) is 9.53 Å². The molecule has 1 unspecified atom stereocenters. The topological polar surface area (TPSA) is 66.8 Å². The first-order chi connectivity index (χ1) is 11.8. The Bertz CT molecular complexity index is 690. The van der Waals surface area contributed by atoms with Crippen molar-refractivity contribution in [1.29, 1.82) is 0 Å². The Morgan fingerprint density at radius 3 is 2.76 bits per heavy atom. The van der Waals surface area contributed by atoms with E-state index in [1.165, 1.54) is 6.92 Å². The Morgan fingerprint density at radius 2 is 2.04 bits per heavy atom. The fourth-order valence-corrected chi connectivity index (χ4v) is 6.29. The maximum atomic E-state index is 11.8. The summed E-state index contributed by atoms with van der Waals surface area (Å²) in [6, 6.07) is 0. The zero-order chi connectivity index (χ0) is 18.0. The Morgan fingerprint density at radius 1 is 1.28 bits per heavy atom. The molecule has 25 heavy (non-hydrogen) atoms. The number of rotatable bonds is 1. The molecule has 0 heterocycles. The highest BCUT2D eigenvalue weighted by molar-refractivity contribution is 5.66. The highest BCUT2D eigenvalue weighted by atomic mass is 16.5. The van der Waals surface area contributed by atoms with Crippen LogP contribution in [0.5, 0.6) is 0 Å². The molecular formula is C21H28O4. The number of fused-ring (bicyclic) bond motifs is 5. The van der Waals surface area contributed by atoms with Gasteiger partial charge < -0.3 is 14.9 Å². The number of hydrogen-bond donors (Lipinski definition) is 2. The van der Waals surface area contributed by atoms with Crippen LogP contribution >= 0.6 is 0 Å². The van der Waals surface area contributed by atoms with Crippen LogP contribution in [0.4, 0.5) is 0 Å². The standard InChI is InChI=1S/C21H28O4/c1-12(22)25-17-11-13-10-14(23)6-8-20(13,2)16-7-9-21(3)15(19(16)17)4-5-18(21)24/h5-6,8,10,13,15-17,19,23-24H,4,7,9,11H2,1-3H3/t13?,15-,16-,17-,19-,20-,21-/m0/s1. The number of carbonyl (C=O) groups excluding carboxylic acids is 1. The monoisotopic (exact) mass is 344 g/mol. The molecule has 0 aromatic rings. The zero-order valence-corrected chi connectivity index (χ0v) is 15.2. The van der Waals surface area contributed by atoms with E-state index in [2.05, 4.69) is 19.9 Å². The average Bonchev–Trinajstić information content (AvgIpc) is 2.84. The molecule has 4 nitrogen and oxygen atoms in total. The van der Waals surface area contributed by atoms with Crippen molar-refractivity contribution in [3.05, 3.63) is 35.8 Å². The highest BCUT2D eigenvalue weighted by Gasteiger charge is 2.61. The van der Waals surface area contributed by atoms with Crippen molar-refractivity contribution in [3.63, 3.8) is 0 Å². The minimum Gasteiger partial charge on any atom is -0.512 e. The van der Waals surface area contributed by atoms with Gasteiger partial charge in [-0.25, -0.2) is 0 Å². The first-order valence-electron chi connectivity index (χ1n) is 9.42. The molecule has 7 atom stereocenters. The van der Waals surface area contributed by atoms with Crippen molar-refractivity contribution in [2.45, 2.75) is 52.6 Å². The number of aliphatic hydroxyl groups is 2. The molecule has 4 rings (SSSR count). The lowest BCUT2D eigenvalue weighted by Crippen LogP contribution is -2.57. The Labute approximate surface area is 149 Å². The van der Waals surface area contributed by atoms with Crippen molar-refractivity contribution in [2.24, 2.45) is 34.5 Å². The van der Waals surface area contributed by atoms with Gasteiger partial charge in [0.2, 0.25) is 0 Å². The van der Waals surface area contributed by atoms with Crippen LogP contribution in [0.15, 0.2) is 35.8 Å². The summed E-state index contributed by atoms with van der Waals surface area (Å²) in [5.74, 6) is 1.69. The van der Waals surface area contributed by atoms with Crippen LogP contribution in [0.25, 0.3) is 0 Å². The van der Waals surface area contributed by atoms with Crippen LogP contribution in [0.1, 0.15) is 46.5 Å². The first kappa shape index (κ1) is 16.7. The van der Waals surface area contributed by atoms with Gasteiger partial charge in [-0.3, -0.25) is 4.79 Å². The van der Waals surface area contributed by atoms with Crippen molar-refractivity contribution in [2.75, 3.05) is 0 Å². The summed E-state index contributed by atoms with van der Waals surface area (Å²) in [6.45, 7) is 5.92. The van der Waals surface area contributed by atoms with Crippen LogP contribution in [0.2, 0.25) is 0 Å². The summed E-state index contributed by atoms with van der Waals surface area (Å²) >= 11 is 0. The second-order valence-electron chi connectivity index (χ2n) is 8.85. The zero-order valence-electron chi connectivity index (χ0n) is 15.2. The summed E-state index contributed by atoms with van der Waals surface area (Å²) in [5, 5.41) is 20.4. The van der Waals surface area contributed by atoms with Crippen molar-refractivity contribution in [1.82, 2.24) is 0 Å². The van der Waals surface area contributed by atoms with Crippen LogP contribution in [0.3, 0.4) is 0 Å². The molecule has 0 aromatic carbocycles. The van der Waals surface area contributed by atoms with E-state index in [1.54, 1.807) is 0 Å². The largest absolute Gasteiger partial charge is 0.512 e. The number of hydrogen-bond acceptors (Lipinski definition) is 4. The lowest BCUT2D eigenvalue weighted by atomic mass is 9.46. The van der Waals surface area contributed by atoms with E-state index >= 15 is 0 Å². The molecule has 2 saturated carbocycles. The summed E-state index contributed by atoms with van der Waals surface area (Å²) in [4.78, 5) is 11.8. The minimum absolute atomic E-state index is 0.0346.